The molecule has 0 saturated carbocycles. The van der Waals surface area contributed by atoms with Gasteiger partial charge in [-0.25, -0.2) is 0 Å². The number of aliphatic carboxylic acids is 2. The SMILES string of the molecule is CN1CCN(CCC2Cc3c(Cl)cccc3C(c3ccccc3)=N2)CC1.O=C([O-])C=CC(=O)[O-]. The fraction of sp³-hybridized carbons (Fsp3) is 0.346. The molecule has 0 aliphatic carbocycles. The molecule has 0 radical (unpaired) electrons. The van der Waals surface area contributed by atoms with Crippen molar-refractivity contribution in [3.05, 3.63) is 82.4 Å². The molecule has 0 amide bonds. The number of piperazine rings is 1. The molecule has 8 heteroatoms. The molecule has 0 aromatic heterocycles. The summed E-state index contributed by atoms with van der Waals surface area (Å²) in [5.74, 6) is -3.09. The van der Waals surface area contributed by atoms with Gasteiger partial charge in [0.15, 0.2) is 0 Å². The van der Waals surface area contributed by atoms with Gasteiger partial charge in [-0.15, -0.1) is 0 Å². The molecule has 2 heterocycles. The first-order chi connectivity index (χ1) is 16.3. The lowest BCUT2D eigenvalue weighted by atomic mass is 9.89. The van der Waals surface area contributed by atoms with Gasteiger partial charge in [-0.1, -0.05) is 54.1 Å². The Hall–Kier alpha value is -3.00. The molecular formula is C26H28ClN3O4-2. The Morgan fingerprint density at radius 2 is 1.65 bits per heavy atom. The van der Waals surface area contributed by atoms with Crippen molar-refractivity contribution in [2.45, 2.75) is 18.9 Å². The van der Waals surface area contributed by atoms with Gasteiger partial charge in [-0.05, 0) is 43.7 Å². The summed E-state index contributed by atoms with van der Waals surface area (Å²) in [5, 5.41) is 19.7. The third-order valence-electron chi connectivity index (χ3n) is 5.90. The molecule has 34 heavy (non-hydrogen) atoms. The Morgan fingerprint density at radius 1 is 1.00 bits per heavy atom. The highest BCUT2D eigenvalue weighted by molar-refractivity contribution is 6.32. The first-order valence-electron chi connectivity index (χ1n) is 11.3. The number of nitrogens with zero attached hydrogens (tertiary/aromatic N) is 3. The van der Waals surface area contributed by atoms with Crippen LogP contribution in [-0.4, -0.2) is 73.3 Å². The number of carboxylic acid groups (broad SMARTS) is 2. The minimum Gasteiger partial charge on any atom is -0.545 e. The number of rotatable bonds is 6. The second-order valence-corrected chi connectivity index (χ2v) is 8.78. The molecule has 0 N–H and O–H groups in total. The zero-order chi connectivity index (χ0) is 24.5. The highest BCUT2D eigenvalue weighted by Crippen LogP contribution is 2.30. The van der Waals surface area contributed by atoms with Crippen LogP contribution in [0.3, 0.4) is 0 Å². The van der Waals surface area contributed by atoms with Crippen LogP contribution in [0, 0.1) is 0 Å². The van der Waals surface area contributed by atoms with Gasteiger partial charge in [0.25, 0.3) is 0 Å². The third-order valence-corrected chi connectivity index (χ3v) is 6.26. The quantitative estimate of drug-likeness (QED) is 0.565. The van der Waals surface area contributed by atoms with Gasteiger partial charge in [0.1, 0.15) is 0 Å². The van der Waals surface area contributed by atoms with Crippen LogP contribution in [0.15, 0.2) is 65.7 Å². The van der Waals surface area contributed by atoms with Gasteiger partial charge in [0, 0.05) is 48.9 Å². The highest BCUT2D eigenvalue weighted by Gasteiger charge is 2.24. The van der Waals surface area contributed by atoms with Gasteiger partial charge in [0.2, 0.25) is 0 Å². The van der Waals surface area contributed by atoms with Gasteiger partial charge < -0.3 is 29.6 Å². The average molecular weight is 482 g/mol. The summed E-state index contributed by atoms with van der Waals surface area (Å²) in [6, 6.07) is 17.0. The summed E-state index contributed by atoms with van der Waals surface area (Å²) in [6.45, 7) is 5.77. The number of carboxylic acids is 2. The van der Waals surface area contributed by atoms with Crippen molar-refractivity contribution in [2.75, 3.05) is 39.8 Å². The number of halogens is 1. The van der Waals surface area contributed by atoms with Crippen molar-refractivity contribution in [3.63, 3.8) is 0 Å². The molecule has 1 saturated heterocycles. The van der Waals surface area contributed by atoms with Crippen LogP contribution >= 0.6 is 11.6 Å². The lowest BCUT2D eigenvalue weighted by Crippen LogP contribution is -2.45. The van der Waals surface area contributed by atoms with E-state index in [-0.39, 0.29) is 0 Å². The average Bonchev–Trinajstić information content (AvgIpc) is 2.83. The Morgan fingerprint density at radius 3 is 2.26 bits per heavy atom. The van der Waals surface area contributed by atoms with Gasteiger partial charge in [0.05, 0.1) is 23.7 Å². The summed E-state index contributed by atoms with van der Waals surface area (Å²) < 4.78 is 0. The summed E-state index contributed by atoms with van der Waals surface area (Å²) in [4.78, 5) is 29.0. The first kappa shape index (κ1) is 25.6. The number of carbonyl (C=O) groups excluding carboxylic acids is 2. The molecule has 2 aromatic carbocycles. The predicted molar refractivity (Wildman–Crippen MR) is 129 cm³/mol. The zero-order valence-corrected chi connectivity index (χ0v) is 19.9. The van der Waals surface area contributed by atoms with E-state index in [0.29, 0.717) is 18.2 Å². The van der Waals surface area contributed by atoms with E-state index in [4.69, 9.17) is 16.6 Å². The Labute approximate surface area is 205 Å². The number of fused-ring (bicyclic) bond motifs is 1. The summed E-state index contributed by atoms with van der Waals surface area (Å²) in [7, 11) is 2.20. The van der Waals surface area contributed by atoms with Crippen molar-refractivity contribution < 1.29 is 19.8 Å². The van der Waals surface area contributed by atoms with Crippen molar-refractivity contribution in [2.24, 2.45) is 4.99 Å². The summed E-state index contributed by atoms with van der Waals surface area (Å²) >= 11 is 6.55. The Balaban J connectivity index is 0.000000350. The molecule has 0 bridgehead atoms. The smallest absolute Gasteiger partial charge is 0.0725 e. The molecule has 4 rings (SSSR count). The molecule has 1 atom stereocenters. The number of benzene rings is 2. The number of hydrogen-bond acceptors (Lipinski definition) is 7. The van der Waals surface area contributed by atoms with Crippen LogP contribution in [-0.2, 0) is 16.0 Å². The largest absolute Gasteiger partial charge is 0.545 e. The molecule has 1 unspecified atom stereocenters. The molecule has 1 fully saturated rings. The summed E-state index contributed by atoms with van der Waals surface area (Å²) in [6.07, 6.45) is 2.80. The highest BCUT2D eigenvalue weighted by atomic mass is 35.5. The Bertz CT molecular complexity index is 1030. The second-order valence-electron chi connectivity index (χ2n) is 8.37. The van der Waals surface area contributed by atoms with E-state index in [1.165, 1.54) is 16.7 Å². The minimum absolute atomic E-state index is 0.303. The molecule has 7 nitrogen and oxygen atoms in total. The van der Waals surface area contributed by atoms with E-state index in [1.54, 1.807) is 0 Å². The minimum atomic E-state index is -1.55. The monoisotopic (exact) mass is 481 g/mol. The number of hydrogen-bond donors (Lipinski definition) is 0. The van der Waals surface area contributed by atoms with Crippen LogP contribution in [0.25, 0.3) is 0 Å². The molecule has 2 aliphatic heterocycles. The summed E-state index contributed by atoms with van der Waals surface area (Å²) in [5.41, 5.74) is 4.73. The van der Waals surface area contributed by atoms with Gasteiger partial charge in [-0.2, -0.15) is 0 Å². The normalized spacial score (nSPS) is 18.5. The molecule has 2 aliphatic rings. The molecule has 180 valence electrons. The van der Waals surface area contributed by atoms with Gasteiger partial charge in [-0.3, -0.25) is 4.99 Å². The van der Waals surface area contributed by atoms with Crippen molar-refractivity contribution >= 4 is 29.3 Å². The van der Waals surface area contributed by atoms with Crippen LogP contribution < -0.4 is 10.2 Å². The van der Waals surface area contributed by atoms with E-state index >= 15 is 0 Å². The second kappa shape index (κ2) is 12.5. The fourth-order valence-corrected chi connectivity index (χ4v) is 4.30. The maximum absolute atomic E-state index is 9.41. The van der Waals surface area contributed by atoms with Crippen LogP contribution in [0.1, 0.15) is 23.1 Å². The standard InChI is InChI=1S/C22H26ClN3.C4H4O4/c1-25-12-14-26(15-13-25)11-10-18-16-20-19(8-5-9-21(20)23)22(24-18)17-6-3-2-4-7-17;5-3(6)1-2-4(7)8/h2-9,18H,10-16H2,1H3;1-2H,(H,5,6)(H,7,8)/p-2. The van der Waals surface area contributed by atoms with E-state index in [0.717, 1.165) is 56.3 Å². The fourth-order valence-electron chi connectivity index (χ4n) is 4.05. The Kier molecular flexibility index (Phi) is 9.39. The molecule has 0 spiro atoms. The lowest BCUT2D eigenvalue weighted by Gasteiger charge is -2.33. The molecule has 2 aromatic rings. The van der Waals surface area contributed by atoms with Crippen molar-refractivity contribution in [1.29, 1.82) is 0 Å². The van der Waals surface area contributed by atoms with E-state index in [2.05, 4.69) is 53.2 Å². The molecular weight excluding hydrogens is 454 g/mol. The van der Waals surface area contributed by atoms with Crippen molar-refractivity contribution in [3.8, 4) is 0 Å². The van der Waals surface area contributed by atoms with Gasteiger partial charge >= 0.3 is 0 Å². The van der Waals surface area contributed by atoms with E-state index < -0.39 is 11.9 Å². The maximum Gasteiger partial charge on any atom is 0.0725 e. The van der Waals surface area contributed by atoms with Crippen LogP contribution in [0.5, 0.6) is 0 Å². The van der Waals surface area contributed by atoms with Crippen molar-refractivity contribution in [1.82, 2.24) is 9.80 Å². The number of likely N-dealkylation sites (N-methyl/N-ethyl adjacent to an activating group) is 1. The topological polar surface area (TPSA) is 99.1 Å². The number of carbonyl (C=O) groups is 2. The predicted octanol–water partition coefficient (Wildman–Crippen LogP) is 0.782. The zero-order valence-electron chi connectivity index (χ0n) is 19.2. The maximum atomic E-state index is 9.41. The van der Waals surface area contributed by atoms with E-state index in [9.17, 15) is 19.8 Å². The lowest BCUT2D eigenvalue weighted by molar-refractivity contribution is -0.301. The van der Waals surface area contributed by atoms with Crippen LogP contribution in [0.4, 0.5) is 0 Å². The first-order valence-corrected chi connectivity index (χ1v) is 11.6. The van der Waals surface area contributed by atoms with E-state index in [1.807, 2.05) is 12.1 Å². The van der Waals surface area contributed by atoms with Crippen LogP contribution in [0.2, 0.25) is 5.02 Å². The third kappa shape index (κ3) is 7.52. The number of aliphatic imine (C=N–C) groups is 1.